The Kier molecular flexibility index (Phi) is 4.26. The van der Waals surface area contributed by atoms with Crippen LogP contribution in [-0.2, 0) is 9.53 Å². The minimum Gasteiger partial charge on any atom is -0.397 e. The largest absolute Gasteiger partial charge is 0.397 e. The summed E-state index contributed by atoms with van der Waals surface area (Å²) in [6, 6.07) is 3.13. The van der Waals surface area contributed by atoms with E-state index in [4.69, 9.17) is 33.7 Å². The van der Waals surface area contributed by atoms with Gasteiger partial charge in [-0.2, -0.15) is 0 Å². The zero-order valence-electron chi connectivity index (χ0n) is 11.4. The van der Waals surface area contributed by atoms with E-state index in [1.54, 1.807) is 12.1 Å². The van der Waals surface area contributed by atoms with Crippen LogP contribution in [0.3, 0.4) is 0 Å². The smallest absolute Gasteiger partial charge is 0.238 e. The van der Waals surface area contributed by atoms with E-state index in [1.807, 2.05) is 0 Å². The van der Waals surface area contributed by atoms with Gasteiger partial charge >= 0.3 is 0 Å². The second kappa shape index (κ2) is 6.01. The number of carbonyl (C=O) groups is 1. The Morgan fingerprint density at radius 1 is 1.33 bits per heavy atom. The summed E-state index contributed by atoms with van der Waals surface area (Å²) in [6.07, 6.45) is 2.69. The van der Waals surface area contributed by atoms with Crippen LogP contribution in [0.5, 0.6) is 0 Å². The number of ether oxygens (including phenoxy) is 1. The van der Waals surface area contributed by atoms with Crippen molar-refractivity contribution in [3.63, 3.8) is 0 Å². The van der Waals surface area contributed by atoms with Gasteiger partial charge in [0.25, 0.3) is 0 Å². The van der Waals surface area contributed by atoms with E-state index in [1.165, 1.54) is 0 Å². The summed E-state index contributed by atoms with van der Waals surface area (Å²) in [4.78, 5) is 14.3. The third-order valence-electron chi connectivity index (χ3n) is 3.84. The lowest BCUT2D eigenvalue weighted by Crippen LogP contribution is -2.45. The quantitative estimate of drug-likeness (QED) is 0.835. The van der Waals surface area contributed by atoms with Gasteiger partial charge in [-0.1, -0.05) is 23.2 Å². The highest BCUT2D eigenvalue weighted by molar-refractivity contribution is 6.37. The van der Waals surface area contributed by atoms with Crippen molar-refractivity contribution in [2.45, 2.75) is 25.0 Å². The van der Waals surface area contributed by atoms with E-state index in [-0.39, 0.29) is 18.1 Å². The van der Waals surface area contributed by atoms with Crippen LogP contribution in [0, 0.1) is 0 Å². The fourth-order valence-corrected chi connectivity index (χ4v) is 3.49. The Labute approximate surface area is 133 Å². The highest BCUT2D eigenvalue weighted by Crippen LogP contribution is 2.32. The molecule has 0 saturated carbocycles. The van der Waals surface area contributed by atoms with Gasteiger partial charge in [0.15, 0.2) is 0 Å². The highest BCUT2D eigenvalue weighted by Gasteiger charge is 2.34. The summed E-state index contributed by atoms with van der Waals surface area (Å²) in [5.74, 6) is -0.132. The minimum absolute atomic E-state index is 0.132. The molecular weight excluding hydrogens is 313 g/mol. The molecule has 2 heterocycles. The summed E-state index contributed by atoms with van der Waals surface area (Å²) >= 11 is 11.9. The first kappa shape index (κ1) is 14.9. The SMILES string of the molecule is Nc1cc(Cl)cc(Cl)c1NC(=O)CN1CC2CCC(C1)O2. The van der Waals surface area contributed by atoms with E-state index in [2.05, 4.69) is 10.2 Å². The summed E-state index contributed by atoms with van der Waals surface area (Å²) < 4.78 is 5.75. The number of nitrogens with two attached hydrogens (primary N) is 1. The molecule has 2 bridgehead atoms. The molecule has 1 aromatic rings. The predicted octanol–water partition coefficient (Wildman–Crippen LogP) is 2.38. The number of rotatable bonds is 3. The Hall–Kier alpha value is -1.01. The van der Waals surface area contributed by atoms with Crippen molar-refractivity contribution in [2.75, 3.05) is 30.7 Å². The van der Waals surface area contributed by atoms with Crippen LogP contribution < -0.4 is 11.1 Å². The standard InChI is InChI=1S/C14H17Cl2N3O2/c15-8-3-11(16)14(12(17)4-8)18-13(20)7-19-5-9-1-2-10(6-19)21-9/h3-4,9-10H,1-2,5-7,17H2,(H,18,20). The zero-order valence-corrected chi connectivity index (χ0v) is 13.0. The first-order chi connectivity index (χ1) is 10.0. The molecule has 3 rings (SSSR count). The zero-order chi connectivity index (χ0) is 15.0. The number of hydrogen-bond donors (Lipinski definition) is 2. The molecule has 2 aliphatic heterocycles. The molecule has 3 N–H and O–H groups in total. The van der Waals surface area contributed by atoms with Crippen molar-refractivity contribution in [3.8, 4) is 0 Å². The molecular formula is C14H17Cl2N3O2. The van der Waals surface area contributed by atoms with Gasteiger partial charge in [-0.25, -0.2) is 0 Å². The first-order valence-electron chi connectivity index (χ1n) is 6.93. The van der Waals surface area contributed by atoms with Gasteiger partial charge in [0.2, 0.25) is 5.91 Å². The minimum atomic E-state index is -0.132. The summed E-state index contributed by atoms with van der Waals surface area (Å²) in [5.41, 5.74) is 6.62. The second-order valence-electron chi connectivity index (χ2n) is 5.55. The molecule has 2 saturated heterocycles. The third-order valence-corrected chi connectivity index (χ3v) is 4.35. The average Bonchev–Trinajstić information content (AvgIpc) is 2.73. The van der Waals surface area contributed by atoms with E-state index in [9.17, 15) is 4.79 Å². The molecule has 0 radical (unpaired) electrons. The number of anilines is 2. The van der Waals surface area contributed by atoms with Crippen molar-refractivity contribution >= 4 is 40.5 Å². The number of nitrogens with one attached hydrogen (secondary N) is 1. The third kappa shape index (κ3) is 3.43. The maximum absolute atomic E-state index is 12.2. The van der Waals surface area contributed by atoms with Gasteiger partial charge in [-0.15, -0.1) is 0 Å². The van der Waals surface area contributed by atoms with Crippen molar-refractivity contribution in [2.24, 2.45) is 0 Å². The van der Waals surface area contributed by atoms with Crippen LogP contribution in [0.25, 0.3) is 0 Å². The summed E-state index contributed by atoms with van der Waals surface area (Å²) in [5, 5.41) is 3.55. The molecule has 2 fully saturated rings. The summed E-state index contributed by atoms with van der Waals surface area (Å²) in [6.45, 7) is 1.91. The molecule has 21 heavy (non-hydrogen) atoms. The average molecular weight is 330 g/mol. The molecule has 2 aliphatic rings. The number of likely N-dealkylation sites (tertiary alicyclic amines) is 1. The number of halogens is 2. The number of nitrogens with zero attached hydrogens (tertiary/aromatic N) is 1. The monoisotopic (exact) mass is 329 g/mol. The Morgan fingerprint density at radius 2 is 2.00 bits per heavy atom. The van der Waals surface area contributed by atoms with E-state index in [0.29, 0.717) is 28.0 Å². The molecule has 5 nitrogen and oxygen atoms in total. The lowest BCUT2D eigenvalue weighted by Gasteiger charge is -2.31. The van der Waals surface area contributed by atoms with Crippen molar-refractivity contribution in [1.29, 1.82) is 0 Å². The second-order valence-corrected chi connectivity index (χ2v) is 6.40. The Balaban J connectivity index is 1.62. The fourth-order valence-electron chi connectivity index (χ4n) is 2.94. The van der Waals surface area contributed by atoms with Crippen LogP contribution in [0.1, 0.15) is 12.8 Å². The lowest BCUT2D eigenvalue weighted by molar-refractivity contribution is -0.119. The van der Waals surface area contributed by atoms with Crippen LogP contribution in [-0.4, -0.2) is 42.6 Å². The molecule has 2 unspecified atom stereocenters. The normalized spacial score (nSPS) is 25.0. The number of nitrogen functional groups attached to an aromatic ring is 1. The van der Waals surface area contributed by atoms with Crippen LogP contribution in [0.15, 0.2) is 12.1 Å². The Bertz CT molecular complexity index is 532. The number of carbonyl (C=O) groups excluding carboxylic acids is 1. The lowest BCUT2D eigenvalue weighted by atomic mass is 10.2. The van der Waals surface area contributed by atoms with Gasteiger partial charge < -0.3 is 15.8 Å². The van der Waals surface area contributed by atoms with E-state index >= 15 is 0 Å². The fraction of sp³-hybridized carbons (Fsp3) is 0.500. The number of hydrogen-bond acceptors (Lipinski definition) is 4. The number of fused-ring (bicyclic) bond motifs is 2. The first-order valence-corrected chi connectivity index (χ1v) is 7.69. The van der Waals surface area contributed by atoms with Crippen molar-refractivity contribution in [3.05, 3.63) is 22.2 Å². The van der Waals surface area contributed by atoms with Crippen molar-refractivity contribution < 1.29 is 9.53 Å². The number of amides is 1. The topological polar surface area (TPSA) is 67.6 Å². The molecule has 2 atom stereocenters. The van der Waals surface area contributed by atoms with Gasteiger partial charge in [0, 0.05) is 18.1 Å². The summed E-state index contributed by atoms with van der Waals surface area (Å²) in [7, 11) is 0. The van der Waals surface area contributed by atoms with E-state index in [0.717, 1.165) is 25.9 Å². The maximum atomic E-state index is 12.2. The number of benzene rings is 1. The van der Waals surface area contributed by atoms with Crippen LogP contribution in [0.4, 0.5) is 11.4 Å². The van der Waals surface area contributed by atoms with E-state index < -0.39 is 0 Å². The van der Waals surface area contributed by atoms with Gasteiger partial charge in [-0.3, -0.25) is 9.69 Å². The molecule has 1 aromatic carbocycles. The molecule has 0 spiro atoms. The van der Waals surface area contributed by atoms with Gasteiger partial charge in [-0.05, 0) is 25.0 Å². The maximum Gasteiger partial charge on any atom is 0.238 e. The highest BCUT2D eigenvalue weighted by atomic mass is 35.5. The molecule has 114 valence electrons. The molecule has 0 aromatic heterocycles. The number of morpholine rings is 1. The van der Waals surface area contributed by atoms with Crippen LogP contribution >= 0.6 is 23.2 Å². The van der Waals surface area contributed by atoms with Gasteiger partial charge in [0.05, 0.1) is 35.2 Å². The van der Waals surface area contributed by atoms with Crippen LogP contribution in [0.2, 0.25) is 10.0 Å². The molecule has 0 aliphatic carbocycles. The molecule has 1 amide bonds. The molecule has 7 heteroatoms. The van der Waals surface area contributed by atoms with Crippen molar-refractivity contribution in [1.82, 2.24) is 4.90 Å². The Morgan fingerprint density at radius 3 is 2.62 bits per heavy atom. The predicted molar refractivity (Wildman–Crippen MR) is 83.8 cm³/mol. The van der Waals surface area contributed by atoms with Gasteiger partial charge in [0.1, 0.15) is 0 Å².